The lowest BCUT2D eigenvalue weighted by Gasteiger charge is -2.11. The van der Waals surface area contributed by atoms with Crippen molar-refractivity contribution in [2.45, 2.75) is 39.7 Å². The third kappa shape index (κ3) is 7.71. The molecule has 8 heteroatoms. The number of anilines is 1. The van der Waals surface area contributed by atoms with Crippen LogP contribution >= 0.6 is 11.6 Å². The van der Waals surface area contributed by atoms with Crippen LogP contribution in [0.25, 0.3) is 10.9 Å². The molecule has 0 aliphatic rings. The van der Waals surface area contributed by atoms with E-state index in [2.05, 4.69) is 38.6 Å². The highest BCUT2D eigenvalue weighted by Gasteiger charge is 2.10. The molecule has 2 N–H and O–H groups in total. The first-order valence-corrected chi connectivity index (χ1v) is 12.9. The lowest BCUT2D eigenvalue weighted by molar-refractivity contribution is 0.0950. The van der Waals surface area contributed by atoms with Crippen molar-refractivity contribution < 1.29 is 9.53 Å². The van der Waals surface area contributed by atoms with E-state index in [0.29, 0.717) is 36.7 Å². The zero-order chi connectivity index (χ0) is 26.0. The molecule has 1 amide bonds. The summed E-state index contributed by atoms with van der Waals surface area (Å²) in [4.78, 5) is 26.2. The Morgan fingerprint density at radius 3 is 2.78 bits per heavy atom. The second-order valence-corrected chi connectivity index (χ2v) is 9.35. The molecule has 4 rings (SSSR count). The maximum atomic E-state index is 12.9. The largest absolute Gasteiger partial charge is 0.380 e. The van der Waals surface area contributed by atoms with Crippen molar-refractivity contribution in [1.29, 1.82) is 0 Å². The zero-order valence-corrected chi connectivity index (χ0v) is 22.0. The molecule has 0 saturated heterocycles. The Morgan fingerprint density at radius 1 is 1.05 bits per heavy atom. The molecule has 1 aromatic carbocycles. The van der Waals surface area contributed by atoms with E-state index in [4.69, 9.17) is 16.3 Å². The number of hydrogen-bond acceptors (Lipinski definition) is 6. The van der Waals surface area contributed by atoms with E-state index in [0.717, 1.165) is 58.7 Å². The maximum absolute atomic E-state index is 12.9. The van der Waals surface area contributed by atoms with Crippen LogP contribution in [0.5, 0.6) is 0 Å². The summed E-state index contributed by atoms with van der Waals surface area (Å²) in [7, 11) is 0. The highest BCUT2D eigenvalue weighted by molar-refractivity contribution is 6.31. The van der Waals surface area contributed by atoms with Gasteiger partial charge in [-0.3, -0.25) is 14.8 Å². The normalized spacial score (nSPS) is 11.0. The third-order valence-electron chi connectivity index (χ3n) is 6.01. The van der Waals surface area contributed by atoms with Crippen LogP contribution in [0, 0.1) is 6.92 Å². The molecule has 37 heavy (non-hydrogen) atoms. The van der Waals surface area contributed by atoms with E-state index in [-0.39, 0.29) is 5.91 Å². The van der Waals surface area contributed by atoms with Gasteiger partial charge in [0.15, 0.2) is 0 Å². The molecule has 0 fully saturated rings. The van der Waals surface area contributed by atoms with Gasteiger partial charge in [-0.05, 0) is 60.9 Å². The Bertz CT molecular complexity index is 1360. The van der Waals surface area contributed by atoms with E-state index >= 15 is 0 Å². The highest BCUT2D eigenvalue weighted by Crippen LogP contribution is 2.20. The van der Waals surface area contributed by atoms with Crippen molar-refractivity contribution in [1.82, 2.24) is 20.3 Å². The number of aryl methyl sites for hydroxylation is 1. The number of carbonyl (C=O) groups is 1. The van der Waals surface area contributed by atoms with Gasteiger partial charge in [-0.25, -0.2) is 4.98 Å². The van der Waals surface area contributed by atoms with E-state index in [1.807, 2.05) is 43.3 Å². The number of rotatable bonds is 12. The average Bonchev–Trinajstić information content (AvgIpc) is 2.90. The molecule has 192 valence electrons. The number of carbonyl (C=O) groups excluding carboxylic acids is 1. The predicted molar refractivity (Wildman–Crippen MR) is 148 cm³/mol. The van der Waals surface area contributed by atoms with Crippen LogP contribution in [0.1, 0.15) is 52.6 Å². The molecule has 7 nitrogen and oxygen atoms in total. The van der Waals surface area contributed by atoms with Crippen molar-refractivity contribution in [3.63, 3.8) is 0 Å². The molecular formula is C29H32ClN5O2. The molecule has 3 heterocycles. The first kappa shape index (κ1) is 26.5. The minimum atomic E-state index is -0.149. The summed E-state index contributed by atoms with van der Waals surface area (Å²) in [6, 6.07) is 15.4. The number of unbranched alkanes of at least 4 members (excludes halogenated alkanes) is 1. The fourth-order valence-electron chi connectivity index (χ4n) is 3.94. The summed E-state index contributed by atoms with van der Waals surface area (Å²) in [6.45, 7) is 6.64. The second kappa shape index (κ2) is 13.1. The van der Waals surface area contributed by atoms with E-state index in [9.17, 15) is 4.79 Å². The topological polar surface area (TPSA) is 89.0 Å². The molecule has 0 bridgehead atoms. The average molecular weight is 518 g/mol. The van der Waals surface area contributed by atoms with Crippen LogP contribution in [0.3, 0.4) is 0 Å². The Hall–Kier alpha value is -3.55. The van der Waals surface area contributed by atoms with E-state index < -0.39 is 0 Å². The summed E-state index contributed by atoms with van der Waals surface area (Å²) >= 11 is 6.09. The Balaban J connectivity index is 1.31. The van der Waals surface area contributed by atoms with Crippen LogP contribution < -0.4 is 10.6 Å². The number of amides is 1. The number of benzene rings is 1. The third-order valence-corrected chi connectivity index (χ3v) is 6.21. The minimum Gasteiger partial charge on any atom is -0.380 e. The quantitative estimate of drug-likeness (QED) is 0.233. The fourth-order valence-corrected chi connectivity index (χ4v) is 4.11. The van der Waals surface area contributed by atoms with Crippen LogP contribution in [0.4, 0.5) is 5.82 Å². The Labute approximate surface area is 222 Å². The molecule has 0 saturated carbocycles. The molecule has 0 atom stereocenters. The zero-order valence-electron chi connectivity index (χ0n) is 21.3. The van der Waals surface area contributed by atoms with Crippen LogP contribution in [0.15, 0.2) is 60.9 Å². The number of nitrogens with zero attached hydrogens (tertiary/aromatic N) is 3. The molecule has 0 aliphatic carbocycles. The number of halogens is 1. The van der Waals surface area contributed by atoms with Gasteiger partial charge in [-0.2, -0.15) is 0 Å². The lowest BCUT2D eigenvalue weighted by atomic mass is 10.0. The van der Waals surface area contributed by atoms with Crippen molar-refractivity contribution >= 4 is 34.2 Å². The SMILES string of the molecule is CCCCOCCNc1ccc(CNC(=O)c2ccnc(Cc3ccc4ncc(Cl)cc4c3)c2)c(C)n1. The van der Waals surface area contributed by atoms with Crippen molar-refractivity contribution in [2.24, 2.45) is 0 Å². The van der Waals surface area contributed by atoms with Crippen molar-refractivity contribution in [2.75, 3.05) is 25.1 Å². The monoisotopic (exact) mass is 517 g/mol. The Kier molecular flexibility index (Phi) is 9.40. The fraction of sp³-hybridized carbons (Fsp3) is 0.310. The molecule has 3 aromatic heterocycles. The predicted octanol–water partition coefficient (Wildman–Crippen LogP) is 5.74. The van der Waals surface area contributed by atoms with Gasteiger partial charge >= 0.3 is 0 Å². The molecule has 0 spiro atoms. The van der Waals surface area contributed by atoms with Crippen molar-refractivity contribution in [3.05, 3.63) is 94.0 Å². The number of ether oxygens (including phenoxy) is 1. The Morgan fingerprint density at radius 2 is 1.95 bits per heavy atom. The van der Waals surface area contributed by atoms with Crippen LogP contribution in [-0.2, 0) is 17.7 Å². The summed E-state index contributed by atoms with van der Waals surface area (Å²) in [6.07, 6.45) is 6.13. The van der Waals surface area contributed by atoms with Gasteiger partial charge in [0, 0.05) is 60.8 Å². The molecule has 4 aromatic rings. The van der Waals surface area contributed by atoms with Gasteiger partial charge in [-0.1, -0.05) is 37.1 Å². The number of fused-ring (bicyclic) bond motifs is 1. The summed E-state index contributed by atoms with van der Waals surface area (Å²) in [5.74, 6) is 0.654. The van der Waals surface area contributed by atoms with Crippen molar-refractivity contribution in [3.8, 4) is 0 Å². The van der Waals surface area contributed by atoms with E-state index in [1.165, 1.54) is 0 Å². The summed E-state index contributed by atoms with van der Waals surface area (Å²) in [5, 5.41) is 7.86. The first-order valence-electron chi connectivity index (χ1n) is 12.6. The molecular weight excluding hydrogens is 486 g/mol. The number of nitrogens with one attached hydrogen (secondary N) is 2. The summed E-state index contributed by atoms with van der Waals surface area (Å²) < 4.78 is 5.57. The van der Waals surface area contributed by atoms with E-state index in [1.54, 1.807) is 18.5 Å². The standard InChI is InChI=1S/C29H32ClN5O2/c1-3-4-12-37-13-11-32-28-8-6-23(20(2)35-28)18-34-29(36)22-9-10-31-26(17-22)15-21-5-7-27-24(14-21)16-25(30)19-33-27/h5-10,14,16-17,19H,3-4,11-13,15,18H2,1-2H3,(H,32,35)(H,34,36). The number of hydrogen-bond donors (Lipinski definition) is 2. The molecule has 0 radical (unpaired) electrons. The number of aromatic nitrogens is 3. The maximum Gasteiger partial charge on any atom is 0.251 e. The van der Waals surface area contributed by atoms with Crippen LogP contribution in [0.2, 0.25) is 5.02 Å². The lowest BCUT2D eigenvalue weighted by Crippen LogP contribution is -2.23. The van der Waals surface area contributed by atoms with Gasteiger partial charge < -0.3 is 15.4 Å². The molecule has 0 unspecified atom stereocenters. The first-order chi connectivity index (χ1) is 18.0. The summed E-state index contributed by atoms with van der Waals surface area (Å²) in [5.41, 5.74) is 5.19. The van der Waals surface area contributed by atoms with Gasteiger partial charge in [-0.15, -0.1) is 0 Å². The number of pyridine rings is 3. The van der Waals surface area contributed by atoms with Gasteiger partial charge in [0.2, 0.25) is 0 Å². The van der Waals surface area contributed by atoms with Gasteiger partial charge in [0.05, 0.1) is 17.1 Å². The van der Waals surface area contributed by atoms with Crippen LogP contribution in [-0.4, -0.2) is 40.6 Å². The second-order valence-electron chi connectivity index (χ2n) is 8.91. The van der Waals surface area contributed by atoms with Gasteiger partial charge in [0.25, 0.3) is 5.91 Å². The van der Waals surface area contributed by atoms with Gasteiger partial charge in [0.1, 0.15) is 5.82 Å². The minimum absolute atomic E-state index is 0.149. The molecule has 0 aliphatic heterocycles. The smallest absolute Gasteiger partial charge is 0.251 e. The highest BCUT2D eigenvalue weighted by atomic mass is 35.5.